The molecule has 1 heterocycles. The quantitative estimate of drug-likeness (QED) is 0.0802. The van der Waals surface area contributed by atoms with Crippen molar-refractivity contribution in [3.63, 3.8) is 0 Å². The van der Waals surface area contributed by atoms with E-state index in [1.165, 1.54) is 30.2 Å². The van der Waals surface area contributed by atoms with Crippen LogP contribution in [0.5, 0.6) is 11.5 Å². The van der Waals surface area contributed by atoms with Crippen LogP contribution in [-0.4, -0.2) is 80.9 Å². The molecular formula is C40H45N5O7. The van der Waals surface area contributed by atoms with Gasteiger partial charge in [-0.25, -0.2) is 0 Å². The van der Waals surface area contributed by atoms with Crippen molar-refractivity contribution in [1.82, 2.24) is 10.2 Å². The number of piperazine rings is 1. The SMILES string of the molecule is COc1cc(C(=O)N(C)c2ccc(C)cc2OCCCCCC(=O)C2CNCCN2C)ccc1NC(=O)c1cc([N+](=O)[O-])ccc1-c1ccccc1. The molecule has 4 aromatic rings. The Kier molecular flexibility index (Phi) is 12.7. The highest BCUT2D eigenvalue weighted by Crippen LogP contribution is 2.33. The van der Waals surface area contributed by atoms with E-state index in [9.17, 15) is 24.5 Å². The van der Waals surface area contributed by atoms with Crippen LogP contribution >= 0.6 is 0 Å². The molecule has 0 bridgehead atoms. The van der Waals surface area contributed by atoms with Gasteiger partial charge in [-0.3, -0.25) is 29.4 Å². The van der Waals surface area contributed by atoms with Crippen molar-refractivity contribution in [2.45, 2.75) is 38.6 Å². The Bertz CT molecular complexity index is 1920. The molecule has 4 aromatic carbocycles. The Balaban J connectivity index is 1.24. The number of Topliss-reactive ketones (excluding diaryl/α,β-unsaturated/α-hetero) is 1. The van der Waals surface area contributed by atoms with Gasteiger partial charge in [0.05, 0.1) is 41.6 Å². The molecule has 1 unspecified atom stereocenters. The van der Waals surface area contributed by atoms with Gasteiger partial charge in [0.2, 0.25) is 0 Å². The molecule has 5 rings (SSSR count). The minimum atomic E-state index is -0.570. The molecule has 0 aromatic heterocycles. The van der Waals surface area contributed by atoms with Crippen LogP contribution in [0, 0.1) is 17.0 Å². The summed E-state index contributed by atoms with van der Waals surface area (Å²) in [5.74, 6) is 0.187. The van der Waals surface area contributed by atoms with Gasteiger partial charge in [0.15, 0.2) is 5.78 Å². The Labute approximate surface area is 303 Å². The second kappa shape index (κ2) is 17.6. The van der Waals surface area contributed by atoms with Gasteiger partial charge in [0.1, 0.15) is 11.5 Å². The highest BCUT2D eigenvalue weighted by Gasteiger charge is 2.25. The lowest BCUT2D eigenvalue weighted by atomic mass is 9.98. The van der Waals surface area contributed by atoms with Crippen molar-refractivity contribution < 1.29 is 28.8 Å². The number of likely N-dealkylation sites (N-methyl/N-ethyl adjacent to an activating group) is 1. The molecule has 0 saturated carbocycles. The summed E-state index contributed by atoms with van der Waals surface area (Å²) < 4.78 is 11.7. The van der Waals surface area contributed by atoms with Gasteiger partial charge in [-0.05, 0) is 86.3 Å². The number of benzene rings is 4. The molecule has 2 amide bonds. The highest BCUT2D eigenvalue weighted by atomic mass is 16.6. The molecule has 1 saturated heterocycles. The second-order valence-corrected chi connectivity index (χ2v) is 12.9. The molecular weight excluding hydrogens is 662 g/mol. The van der Waals surface area contributed by atoms with E-state index in [2.05, 4.69) is 15.5 Å². The van der Waals surface area contributed by atoms with Crippen molar-refractivity contribution in [3.05, 3.63) is 112 Å². The number of nitrogens with zero attached hydrogens (tertiary/aromatic N) is 3. The Morgan fingerprint density at radius 3 is 2.50 bits per heavy atom. The number of nitro groups is 1. The van der Waals surface area contributed by atoms with Crippen LogP contribution in [0.3, 0.4) is 0 Å². The van der Waals surface area contributed by atoms with Gasteiger partial charge in [-0.2, -0.15) is 0 Å². The lowest BCUT2D eigenvalue weighted by Gasteiger charge is -2.31. The summed E-state index contributed by atoms with van der Waals surface area (Å²) in [5, 5.41) is 17.6. The van der Waals surface area contributed by atoms with E-state index in [0.29, 0.717) is 47.8 Å². The molecule has 1 aliphatic rings. The number of ketones is 1. The molecule has 0 aliphatic carbocycles. The molecule has 1 fully saturated rings. The van der Waals surface area contributed by atoms with E-state index < -0.39 is 10.8 Å². The number of methoxy groups -OCH3 is 1. The van der Waals surface area contributed by atoms with Gasteiger partial charge in [0, 0.05) is 50.8 Å². The number of carbonyl (C=O) groups excluding carboxylic acids is 3. The first kappa shape index (κ1) is 37.7. The van der Waals surface area contributed by atoms with E-state index in [1.54, 1.807) is 25.2 Å². The fourth-order valence-electron chi connectivity index (χ4n) is 6.23. The molecule has 0 radical (unpaired) electrons. The first-order valence-electron chi connectivity index (χ1n) is 17.4. The van der Waals surface area contributed by atoms with E-state index in [0.717, 1.165) is 43.5 Å². The van der Waals surface area contributed by atoms with Crippen molar-refractivity contribution in [2.75, 3.05) is 57.7 Å². The predicted molar refractivity (Wildman–Crippen MR) is 202 cm³/mol. The third-order valence-corrected chi connectivity index (χ3v) is 9.23. The molecule has 12 nitrogen and oxygen atoms in total. The van der Waals surface area contributed by atoms with Crippen molar-refractivity contribution in [3.8, 4) is 22.6 Å². The van der Waals surface area contributed by atoms with Crippen LogP contribution in [0.4, 0.5) is 17.1 Å². The van der Waals surface area contributed by atoms with Crippen LogP contribution in [0.2, 0.25) is 0 Å². The van der Waals surface area contributed by atoms with Gasteiger partial charge in [-0.15, -0.1) is 0 Å². The molecule has 12 heteroatoms. The molecule has 1 aliphatic heterocycles. The summed E-state index contributed by atoms with van der Waals surface area (Å²) >= 11 is 0. The zero-order valence-electron chi connectivity index (χ0n) is 30.0. The van der Waals surface area contributed by atoms with Gasteiger partial charge >= 0.3 is 0 Å². The standard InChI is InChI=1S/C40H45N5O7/c1-27-14-19-34(38(23-27)52-22-10-6-9-13-36(46)35-26-41-20-21-43(35)2)44(3)40(48)29-15-18-33(37(24-29)51-4)42-39(47)32-25-30(45(49)50)16-17-31(32)28-11-7-5-8-12-28/h5,7-8,11-12,14-19,23-25,35,41H,6,9-10,13,20-22,26H2,1-4H3,(H,42,47). The summed E-state index contributed by atoms with van der Waals surface area (Å²) in [6, 6.07) is 23.6. The first-order valence-corrected chi connectivity index (χ1v) is 17.4. The molecule has 52 heavy (non-hydrogen) atoms. The van der Waals surface area contributed by atoms with Crippen LogP contribution < -0.4 is 25.0 Å². The number of rotatable bonds is 15. The lowest BCUT2D eigenvalue weighted by molar-refractivity contribution is -0.384. The minimum Gasteiger partial charge on any atom is -0.495 e. The average molecular weight is 708 g/mol. The summed E-state index contributed by atoms with van der Waals surface area (Å²) in [4.78, 5) is 54.6. The Morgan fingerprint density at radius 2 is 1.77 bits per heavy atom. The minimum absolute atomic E-state index is 0.0588. The Hall–Kier alpha value is -5.59. The fourth-order valence-corrected chi connectivity index (χ4v) is 6.23. The third-order valence-electron chi connectivity index (χ3n) is 9.23. The fraction of sp³-hybridized carbons (Fsp3) is 0.325. The molecule has 272 valence electrons. The van der Waals surface area contributed by atoms with Crippen LogP contribution in [-0.2, 0) is 4.79 Å². The van der Waals surface area contributed by atoms with Crippen molar-refractivity contribution >= 4 is 34.7 Å². The second-order valence-electron chi connectivity index (χ2n) is 12.9. The maximum absolute atomic E-state index is 13.8. The van der Waals surface area contributed by atoms with Crippen LogP contribution in [0.1, 0.15) is 52.0 Å². The number of non-ortho nitro benzene ring substituents is 1. The maximum atomic E-state index is 13.8. The maximum Gasteiger partial charge on any atom is 0.270 e. The monoisotopic (exact) mass is 707 g/mol. The number of carbonyl (C=O) groups is 3. The number of anilines is 2. The number of nitrogens with one attached hydrogen (secondary N) is 2. The van der Waals surface area contributed by atoms with Gasteiger partial charge < -0.3 is 25.0 Å². The Morgan fingerprint density at radius 1 is 0.981 bits per heavy atom. The van der Waals surface area contributed by atoms with Crippen molar-refractivity contribution in [2.24, 2.45) is 0 Å². The summed E-state index contributed by atoms with van der Waals surface area (Å²) in [7, 11) is 5.09. The van der Waals surface area contributed by atoms with E-state index in [4.69, 9.17) is 9.47 Å². The number of aryl methyl sites for hydroxylation is 1. The summed E-state index contributed by atoms with van der Waals surface area (Å²) in [6.45, 7) is 4.87. The van der Waals surface area contributed by atoms with Crippen LogP contribution in [0.25, 0.3) is 11.1 Å². The lowest BCUT2D eigenvalue weighted by Crippen LogP contribution is -2.53. The largest absolute Gasteiger partial charge is 0.495 e. The number of hydrogen-bond donors (Lipinski definition) is 2. The molecule has 0 spiro atoms. The molecule has 2 N–H and O–H groups in total. The zero-order valence-corrected chi connectivity index (χ0v) is 30.0. The van der Waals surface area contributed by atoms with E-state index in [-0.39, 0.29) is 34.7 Å². The number of nitro benzene ring substituents is 1. The van der Waals surface area contributed by atoms with E-state index in [1.807, 2.05) is 62.5 Å². The number of ether oxygens (including phenoxy) is 2. The zero-order chi connectivity index (χ0) is 37.2. The third kappa shape index (κ3) is 9.19. The number of amides is 2. The van der Waals surface area contributed by atoms with Crippen LogP contribution in [0.15, 0.2) is 84.9 Å². The normalized spacial score (nSPS) is 14.3. The topological polar surface area (TPSA) is 143 Å². The number of hydrogen-bond acceptors (Lipinski definition) is 9. The van der Waals surface area contributed by atoms with Gasteiger partial charge in [0.25, 0.3) is 17.5 Å². The predicted octanol–water partition coefficient (Wildman–Crippen LogP) is 6.52. The van der Waals surface area contributed by atoms with Gasteiger partial charge in [-0.1, -0.05) is 36.4 Å². The average Bonchev–Trinajstić information content (AvgIpc) is 3.16. The highest BCUT2D eigenvalue weighted by molar-refractivity contribution is 6.11. The molecule has 1 atom stereocenters. The first-order chi connectivity index (χ1) is 25.1. The van der Waals surface area contributed by atoms with E-state index >= 15 is 0 Å². The smallest absolute Gasteiger partial charge is 0.270 e. The van der Waals surface area contributed by atoms with Crippen molar-refractivity contribution in [1.29, 1.82) is 0 Å². The summed E-state index contributed by atoms with van der Waals surface area (Å²) in [6.07, 6.45) is 2.95. The summed E-state index contributed by atoms with van der Waals surface area (Å²) in [5.41, 5.74) is 3.34. The number of unbranched alkanes of at least 4 members (excludes halogenated alkanes) is 2.